The number of amides is 1. The summed E-state index contributed by atoms with van der Waals surface area (Å²) < 4.78 is 4.65. The Morgan fingerprint density at radius 3 is 2.60 bits per heavy atom. The zero-order chi connectivity index (χ0) is 11.7. The van der Waals surface area contributed by atoms with Crippen molar-refractivity contribution in [3.05, 3.63) is 0 Å². The minimum atomic E-state index is -1.08. The van der Waals surface area contributed by atoms with Crippen molar-refractivity contribution in [1.29, 1.82) is 0 Å². The number of nitrogens with one attached hydrogen (secondary N) is 2. The number of ether oxygens (including phenoxy) is 1. The molecule has 0 aliphatic carbocycles. The second-order valence-electron chi connectivity index (χ2n) is 3.04. The Hall–Kier alpha value is -1.14. The van der Waals surface area contributed by atoms with Crippen LogP contribution in [-0.4, -0.2) is 49.8 Å². The summed E-state index contributed by atoms with van der Waals surface area (Å²) in [6.45, 7) is 2.94. The molecule has 6 nitrogen and oxygen atoms in total. The molecule has 0 fully saturated rings. The third-order valence-corrected chi connectivity index (χ3v) is 1.76. The van der Waals surface area contributed by atoms with Gasteiger partial charge >= 0.3 is 5.97 Å². The summed E-state index contributed by atoms with van der Waals surface area (Å²) in [7, 11) is 1.29. The van der Waals surface area contributed by atoms with Crippen molar-refractivity contribution in [1.82, 2.24) is 10.6 Å². The molecular weight excluding hydrogens is 200 g/mol. The van der Waals surface area contributed by atoms with Crippen molar-refractivity contribution in [2.75, 3.05) is 26.7 Å². The van der Waals surface area contributed by atoms with Gasteiger partial charge in [0, 0.05) is 7.11 Å². The van der Waals surface area contributed by atoms with Crippen LogP contribution in [-0.2, 0) is 14.3 Å². The van der Waals surface area contributed by atoms with Crippen LogP contribution >= 0.6 is 0 Å². The van der Waals surface area contributed by atoms with Crippen LogP contribution in [0, 0.1) is 0 Å². The van der Waals surface area contributed by atoms with Crippen LogP contribution in [0.15, 0.2) is 0 Å². The lowest BCUT2D eigenvalue weighted by molar-refractivity contribution is -0.148. The summed E-state index contributed by atoms with van der Waals surface area (Å²) in [6.07, 6.45) is -0.0385. The Labute approximate surface area is 89.0 Å². The van der Waals surface area contributed by atoms with Crippen molar-refractivity contribution in [2.45, 2.75) is 19.4 Å². The van der Waals surface area contributed by atoms with E-state index >= 15 is 0 Å². The fourth-order valence-electron chi connectivity index (χ4n) is 0.919. The van der Waals surface area contributed by atoms with E-state index in [9.17, 15) is 9.59 Å². The summed E-state index contributed by atoms with van der Waals surface area (Å²) in [5, 5.41) is 14.0. The number of carboxylic acids is 1. The SMILES string of the molecule is CCCNCC(=O)NCC(OC)C(=O)O. The lowest BCUT2D eigenvalue weighted by atomic mass is 10.3. The first kappa shape index (κ1) is 13.9. The maximum absolute atomic E-state index is 11.1. The van der Waals surface area contributed by atoms with Crippen LogP contribution in [0.4, 0.5) is 0 Å². The van der Waals surface area contributed by atoms with Crippen LogP contribution in [0.2, 0.25) is 0 Å². The van der Waals surface area contributed by atoms with Crippen LogP contribution in [0.5, 0.6) is 0 Å². The number of rotatable bonds is 8. The van der Waals surface area contributed by atoms with E-state index in [0.29, 0.717) is 0 Å². The van der Waals surface area contributed by atoms with Gasteiger partial charge in [-0.2, -0.15) is 0 Å². The molecule has 0 spiro atoms. The van der Waals surface area contributed by atoms with Gasteiger partial charge in [0.2, 0.25) is 5.91 Å². The summed E-state index contributed by atoms with van der Waals surface area (Å²) in [4.78, 5) is 21.7. The van der Waals surface area contributed by atoms with Gasteiger partial charge in [0.15, 0.2) is 6.10 Å². The second-order valence-corrected chi connectivity index (χ2v) is 3.04. The number of aliphatic carboxylic acids is 1. The topological polar surface area (TPSA) is 87.7 Å². The van der Waals surface area contributed by atoms with Crippen molar-refractivity contribution in [3.63, 3.8) is 0 Å². The molecule has 0 radical (unpaired) electrons. The number of carboxylic acid groups (broad SMARTS) is 1. The van der Waals surface area contributed by atoms with Gasteiger partial charge < -0.3 is 20.5 Å². The largest absolute Gasteiger partial charge is 0.479 e. The second kappa shape index (κ2) is 8.19. The average molecular weight is 218 g/mol. The lowest BCUT2D eigenvalue weighted by Gasteiger charge is -2.11. The third kappa shape index (κ3) is 6.87. The number of carbonyl (C=O) groups is 2. The van der Waals surface area contributed by atoms with Crippen molar-refractivity contribution < 1.29 is 19.4 Å². The first-order valence-corrected chi connectivity index (χ1v) is 4.84. The Balaban J connectivity index is 3.64. The van der Waals surface area contributed by atoms with E-state index in [4.69, 9.17) is 5.11 Å². The monoisotopic (exact) mass is 218 g/mol. The highest BCUT2D eigenvalue weighted by molar-refractivity contribution is 5.79. The summed E-state index contributed by atoms with van der Waals surface area (Å²) in [5.41, 5.74) is 0. The fraction of sp³-hybridized carbons (Fsp3) is 0.778. The zero-order valence-electron chi connectivity index (χ0n) is 9.08. The quantitative estimate of drug-likeness (QED) is 0.464. The minimum Gasteiger partial charge on any atom is -0.479 e. The molecule has 0 aromatic heterocycles. The molecule has 0 saturated heterocycles. The summed E-state index contributed by atoms with van der Waals surface area (Å²) in [6, 6.07) is 0. The maximum atomic E-state index is 11.1. The molecule has 1 amide bonds. The molecule has 1 atom stereocenters. The Kier molecular flexibility index (Phi) is 7.57. The average Bonchev–Trinajstić information content (AvgIpc) is 2.18. The van der Waals surface area contributed by atoms with Gasteiger partial charge in [0.1, 0.15) is 0 Å². The molecule has 1 unspecified atom stereocenters. The molecule has 0 heterocycles. The summed E-state index contributed by atoms with van der Waals surface area (Å²) in [5.74, 6) is -1.31. The van der Waals surface area contributed by atoms with Crippen LogP contribution in [0.1, 0.15) is 13.3 Å². The number of carbonyl (C=O) groups excluding carboxylic acids is 1. The zero-order valence-corrected chi connectivity index (χ0v) is 9.08. The molecule has 0 bridgehead atoms. The molecule has 88 valence electrons. The predicted octanol–water partition coefficient (Wildman–Crippen LogP) is -0.798. The molecule has 3 N–H and O–H groups in total. The van der Waals surface area contributed by atoms with Gasteiger partial charge in [-0.25, -0.2) is 4.79 Å². The first-order valence-electron chi connectivity index (χ1n) is 4.84. The molecule has 0 aliphatic rings. The van der Waals surface area contributed by atoms with Gasteiger partial charge in [0.25, 0.3) is 0 Å². The lowest BCUT2D eigenvalue weighted by Crippen LogP contribution is -2.41. The Bertz CT molecular complexity index is 208. The van der Waals surface area contributed by atoms with E-state index in [1.807, 2.05) is 6.92 Å². The predicted molar refractivity (Wildman–Crippen MR) is 54.6 cm³/mol. The van der Waals surface area contributed by atoms with Crippen molar-refractivity contribution in [2.24, 2.45) is 0 Å². The Morgan fingerprint density at radius 2 is 2.13 bits per heavy atom. The fourth-order valence-corrected chi connectivity index (χ4v) is 0.919. The molecule has 0 rings (SSSR count). The normalized spacial score (nSPS) is 12.1. The molecule has 0 saturated carbocycles. The van der Waals surface area contributed by atoms with E-state index in [1.54, 1.807) is 0 Å². The van der Waals surface area contributed by atoms with Gasteiger partial charge in [-0.3, -0.25) is 4.79 Å². The van der Waals surface area contributed by atoms with Gasteiger partial charge in [-0.15, -0.1) is 0 Å². The summed E-state index contributed by atoms with van der Waals surface area (Å²) >= 11 is 0. The van der Waals surface area contributed by atoms with Gasteiger partial charge in [-0.05, 0) is 13.0 Å². The highest BCUT2D eigenvalue weighted by atomic mass is 16.5. The number of methoxy groups -OCH3 is 1. The highest BCUT2D eigenvalue weighted by Crippen LogP contribution is 1.87. The first-order chi connectivity index (χ1) is 7.11. The van der Waals surface area contributed by atoms with Crippen molar-refractivity contribution in [3.8, 4) is 0 Å². The molecule has 6 heteroatoms. The third-order valence-electron chi connectivity index (χ3n) is 1.76. The number of hydrogen-bond donors (Lipinski definition) is 3. The van der Waals surface area contributed by atoms with Crippen LogP contribution in [0.3, 0.4) is 0 Å². The van der Waals surface area contributed by atoms with E-state index in [-0.39, 0.29) is 19.0 Å². The number of hydrogen-bond acceptors (Lipinski definition) is 4. The van der Waals surface area contributed by atoms with E-state index in [0.717, 1.165) is 13.0 Å². The van der Waals surface area contributed by atoms with Gasteiger partial charge in [0.05, 0.1) is 13.1 Å². The molecule has 0 aromatic rings. The molecule has 15 heavy (non-hydrogen) atoms. The maximum Gasteiger partial charge on any atom is 0.334 e. The van der Waals surface area contributed by atoms with E-state index in [1.165, 1.54) is 7.11 Å². The molecule has 0 aliphatic heterocycles. The highest BCUT2D eigenvalue weighted by Gasteiger charge is 2.16. The van der Waals surface area contributed by atoms with Crippen LogP contribution < -0.4 is 10.6 Å². The van der Waals surface area contributed by atoms with Crippen molar-refractivity contribution >= 4 is 11.9 Å². The smallest absolute Gasteiger partial charge is 0.334 e. The van der Waals surface area contributed by atoms with E-state index in [2.05, 4.69) is 15.4 Å². The van der Waals surface area contributed by atoms with E-state index < -0.39 is 12.1 Å². The standard InChI is InChI=1S/C9H18N2O4/c1-3-4-10-6-8(12)11-5-7(15-2)9(13)14/h7,10H,3-6H2,1-2H3,(H,11,12)(H,13,14). The minimum absolute atomic E-state index is 0.0154. The van der Waals surface area contributed by atoms with Gasteiger partial charge in [-0.1, -0.05) is 6.92 Å². The molecular formula is C9H18N2O4. The molecule has 0 aromatic carbocycles. The van der Waals surface area contributed by atoms with Crippen LogP contribution in [0.25, 0.3) is 0 Å². The Morgan fingerprint density at radius 1 is 1.47 bits per heavy atom.